The van der Waals surface area contributed by atoms with Gasteiger partial charge in [0, 0.05) is 11.5 Å². The van der Waals surface area contributed by atoms with Crippen LogP contribution in [-0.2, 0) is 9.53 Å². The minimum absolute atomic E-state index is 0.199. The van der Waals surface area contributed by atoms with Crippen LogP contribution in [-0.4, -0.2) is 28.5 Å². The first-order chi connectivity index (χ1) is 6.13. The van der Waals surface area contributed by atoms with E-state index in [4.69, 9.17) is 5.73 Å². The minimum atomic E-state index is -0.447. The van der Waals surface area contributed by atoms with Crippen LogP contribution in [0.25, 0.3) is 0 Å². The fourth-order valence-electron chi connectivity index (χ4n) is 0.714. The van der Waals surface area contributed by atoms with Crippen molar-refractivity contribution in [3.8, 4) is 0 Å². The Hall–Kier alpha value is -1.37. The Bertz CT molecular complexity index is 301. The van der Waals surface area contributed by atoms with Crippen LogP contribution in [0.2, 0.25) is 0 Å². The highest BCUT2D eigenvalue weighted by atomic mass is 32.1. The molecule has 0 bridgehead atoms. The van der Waals surface area contributed by atoms with Gasteiger partial charge in [-0.25, -0.2) is 4.79 Å². The molecule has 1 unspecified atom stereocenters. The molecule has 0 aliphatic rings. The Labute approximate surface area is 79.3 Å². The molecule has 0 fully saturated rings. The predicted molar refractivity (Wildman–Crippen MR) is 49.4 cm³/mol. The van der Waals surface area contributed by atoms with Crippen LogP contribution in [0, 0.1) is 0 Å². The number of aromatic nitrogens is 2. The number of hydrogen-bond donors (Lipinski definition) is 2. The number of nitrogens with zero attached hydrogens (tertiary/aromatic N) is 2. The Morgan fingerprint density at radius 1 is 1.77 bits per heavy atom. The van der Waals surface area contributed by atoms with Gasteiger partial charge in [-0.15, -0.1) is 0 Å². The van der Waals surface area contributed by atoms with Crippen molar-refractivity contribution in [3.05, 3.63) is 0 Å². The maximum absolute atomic E-state index is 11.0. The van der Waals surface area contributed by atoms with Gasteiger partial charge >= 0.3 is 5.97 Å². The van der Waals surface area contributed by atoms with E-state index in [9.17, 15) is 4.79 Å². The second-order valence-electron chi connectivity index (χ2n) is 2.35. The van der Waals surface area contributed by atoms with Crippen LogP contribution in [0.5, 0.6) is 0 Å². The SMILES string of the molecule is COC(=O)C(C)Nc1nc(N)ns1. The molecule has 1 atom stereocenters. The molecule has 1 rings (SSSR count). The maximum Gasteiger partial charge on any atom is 0.328 e. The highest BCUT2D eigenvalue weighted by Gasteiger charge is 2.14. The van der Waals surface area contributed by atoms with Crippen LogP contribution in [0.4, 0.5) is 11.1 Å². The molecule has 0 radical (unpaired) electrons. The molecule has 0 saturated carbocycles. The van der Waals surface area contributed by atoms with Gasteiger partial charge in [-0.05, 0) is 6.92 Å². The number of ether oxygens (including phenoxy) is 1. The van der Waals surface area contributed by atoms with E-state index < -0.39 is 6.04 Å². The molecule has 6 nitrogen and oxygen atoms in total. The highest BCUT2D eigenvalue weighted by molar-refractivity contribution is 7.09. The average molecular weight is 202 g/mol. The molecule has 1 aromatic rings. The third-order valence-electron chi connectivity index (χ3n) is 1.34. The molecular weight excluding hydrogens is 192 g/mol. The molecular formula is C6H10N4O2S. The van der Waals surface area contributed by atoms with Crippen molar-refractivity contribution in [3.63, 3.8) is 0 Å². The molecule has 7 heteroatoms. The zero-order chi connectivity index (χ0) is 9.84. The molecule has 0 aliphatic heterocycles. The van der Waals surface area contributed by atoms with Crippen molar-refractivity contribution < 1.29 is 9.53 Å². The van der Waals surface area contributed by atoms with Crippen LogP contribution in [0.3, 0.4) is 0 Å². The lowest BCUT2D eigenvalue weighted by Gasteiger charge is -2.08. The number of carbonyl (C=O) groups is 1. The second-order valence-corrected chi connectivity index (χ2v) is 3.10. The van der Waals surface area contributed by atoms with E-state index in [2.05, 4.69) is 19.4 Å². The van der Waals surface area contributed by atoms with Crippen molar-refractivity contribution in [1.29, 1.82) is 0 Å². The Kier molecular flexibility index (Phi) is 3.02. The fourth-order valence-corrected chi connectivity index (χ4v) is 1.30. The van der Waals surface area contributed by atoms with Gasteiger partial charge in [0.1, 0.15) is 6.04 Å². The van der Waals surface area contributed by atoms with Gasteiger partial charge in [-0.3, -0.25) is 0 Å². The lowest BCUT2D eigenvalue weighted by atomic mass is 10.3. The van der Waals surface area contributed by atoms with Crippen LogP contribution < -0.4 is 11.1 Å². The Morgan fingerprint density at radius 2 is 2.46 bits per heavy atom. The molecule has 1 aromatic heterocycles. The standard InChI is InChI=1S/C6H10N4O2S/c1-3(4(11)12-2)8-6-9-5(7)10-13-6/h3H,1-2H3,(H3,7,8,9,10). The third-order valence-corrected chi connectivity index (χ3v) is 2.00. The second kappa shape index (κ2) is 4.04. The van der Waals surface area contributed by atoms with Crippen molar-refractivity contribution in [1.82, 2.24) is 9.36 Å². The summed E-state index contributed by atoms with van der Waals surface area (Å²) in [7, 11) is 1.33. The summed E-state index contributed by atoms with van der Waals surface area (Å²) in [4.78, 5) is 14.8. The molecule has 1 heterocycles. The zero-order valence-corrected chi connectivity index (χ0v) is 8.09. The van der Waals surface area contributed by atoms with E-state index in [0.717, 1.165) is 11.5 Å². The molecule has 3 N–H and O–H groups in total. The molecule has 13 heavy (non-hydrogen) atoms. The van der Waals surface area contributed by atoms with Gasteiger partial charge < -0.3 is 15.8 Å². The van der Waals surface area contributed by atoms with Crippen LogP contribution in [0.1, 0.15) is 6.92 Å². The van der Waals surface area contributed by atoms with E-state index in [-0.39, 0.29) is 11.9 Å². The first kappa shape index (κ1) is 9.72. The molecule has 0 saturated heterocycles. The summed E-state index contributed by atoms with van der Waals surface area (Å²) < 4.78 is 8.26. The Balaban J connectivity index is 2.54. The number of nitrogens with two attached hydrogens (primary N) is 1. The summed E-state index contributed by atoms with van der Waals surface area (Å²) in [5.41, 5.74) is 5.29. The largest absolute Gasteiger partial charge is 0.467 e. The van der Waals surface area contributed by atoms with E-state index in [1.54, 1.807) is 6.92 Å². The summed E-state index contributed by atoms with van der Waals surface area (Å²) >= 11 is 1.10. The summed E-state index contributed by atoms with van der Waals surface area (Å²) in [5, 5.41) is 3.31. The van der Waals surface area contributed by atoms with E-state index in [1.165, 1.54) is 7.11 Å². The molecule has 0 amide bonds. The number of rotatable bonds is 3. The number of esters is 1. The summed E-state index contributed by atoms with van der Waals surface area (Å²) in [6.07, 6.45) is 0. The number of anilines is 2. The van der Waals surface area contributed by atoms with Gasteiger partial charge in [-0.2, -0.15) is 9.36 Å². The number of methoxy groups -OCH3 is 1. The van der Waals surface area contributed by atoms with Crippen LogP contribution >= 0.6 is 11.5 Å². The van der Waals surface area contributed by atoms with Crippen LogP contribution in [0.15, 0.2) is 0 Å². The van der Waals surface area contributed by atoms with Crippen molar-refractivity contribution >= 4 is 28.6 Å². The number of nitrogens with one attached hydrogen (secondary N) is 1. The topological polar surface area (TPSA) is 90.1 Å². The zero-order valence-electron chi connectivity index (χ0n) is 7.27. The normalized spacial score (nSPS) is 12.2. The van der Waals surface area contributed by atoms with Gasteiger partial charge in [0.2, 0.25) is 11.1 Å². The lowest BCUT2D eigenvalue weighted by molar-refractivity contribution is -0.141. The molecule has 0 aliphatic carbocycles. The number of carbonyl (C=O) groups excluding carboxylic acids is 1. The number of nitrogen functional groups attached to an aromatic ring is 1. The maximum atomic E-state index is 11.0. The van der Waals surface area contributed by atoms with Gasteiger partial charge in [-0.1, -0.05) is 0 Å². The van der Waals surface area contributed by atoms with Gasteiger partial charge in [0.05, 0.1) is 7.11 Å². The highest BCUT2D eigenvalue weighted by Crippen LogP contribution is 2.12. The Morgan fingerprint density at radius 3 is 2.92 bits per heavy atom. The summed E-state index contributed by atoms with van der Waals surface area (Å²) in [6.45, 7) is 1.67. The van der Waals surface area contributed by atoms with Crippen molar-refractivity contribution in [2.24, 2.45) is 0 Å². The minimum Gasteiger partial charge on any atom is -0.467 e. The summed E-state index contributed by atoms with van der Waals surface area (Å²) in [6, 6.07) is -0.447. The number of hydrogen-bond acceptors (Lipinski definition) is 7. The van der Waals surface area contributed by atoms with Crippen molar-refractivity contribution in [2.75, 3.05) is 18.2 Å². The average Bonchev–Trinajstić information content (AvgIpc) is 2.49. The molecule has 0 aromatic carbocycles. The van der Waals surface area contributed by atoms with E-state index >= 15 is 0 Å². The lowest BCUT2D eigenvalue weighted by Crippen LogP contribution is -2.27. The van der Waals surface area contributed by atoms with E-state index in [0.29, 0.717) is 5.13 Å². The third kappa shape index (κ3) is 2.55. The fraction of sp³-hybridized carbons (Fsp3) is 0.500. The summed E-state index contributed by atoms with van der Waals surface area (Å²) in [5.74, 6) is -0.154. The van der Waals surface area contributed by atoms with Gasteiger partial charge in [0.15, 0.2) is 0 Å². The first-order valence-electron chi connectivity index (χ1n) is 3.57. The molecule has 72 valence electrons. The monoisotopic (exact) mass is 202 g/mol. The first-order valence-corrected chi connectivity index (χ1v) is 4.34. The smallest absolute Gasteiger partial charge is 0.328 e. The van der Waals surface area contributed by atoms with Crippen molar-refractivity contribution in [2.45, 2.75) is 13.0 Å². The quantitative estimate of drug-likeness (QED) is 0.675. The predicted octanol–water partition coefficient (Wildman–Crippen LogP) is 0.0937. The molecule has 0 spiro atoms. The van der Waals surface area contributed by atoms with Gasteiger partial charge in [0.25, 0.3) is 0 Å². The van der Waals surface area contributed by atoms with E-state index in [1.807, 2.05) is 0 Å².